The second kappa shape index (κ2) is 3.14. The average Bonchev–Trinajstić information content (AvgIpc) is 1.96. The predicted molar refractivity (Wildman–Crippen MR) is 52.3 cm³/mol. The van der Waals surface area contributed by atoms with E-state index in [2.05, 4.69) is 13.8 Å². The van der Waals surface area contributed by atoms with Gasteiger partial charge in [-0.05, 0) is 38.8 Å². The third kappa shape index (κ3) is 1.84. The first kappa shape index (κ1) is 9.66. The van der Waals surface area contributed by atoms with Gasteiger partial charge in [0.05, 0.1) is 12.0 Å². The molecule has 12 heavy (non-hydrogen) atoms. The molecule has 68 valence electrons. The minimum atomic E-state index is -0.269. The van der Waals surface area contributed by atoms with E-state index in [9.17, 15) is 0 Å². The van der Waals surface area contributed by atoms with E-state index < -0.39 is 0 Å². The van der Waals surface area contributed by atoms with Gasteiger partial charge >= 0.3 is 0 Å². The fraction of sp³-hybridized carbons (Fsp3) is 0.600. The van der Waals surface area contributed by atoms with Crippen molar-refractivity contribution >= 4 is 11.6 Å². The maximum absolute atomic E-state index is 6.22. The zero-order valence-corrected chi connectivity index (χ0v) is 8.83. The van der Waals surface area contributed by atoms with E-state index in [1.54, 1.807) is 7.11 Å². The van der Waals surface area contributed by atoms with Crippen molar-refractivity contribution in [3.8, 4) is 0 Å². The van der Waals surface area contributed by atoms with E-state index in [0.29, 0.717) is 0 Å². The lowest BCUT2D eigenvalue weighted by Crippen LogP contribution is -2.19. The van der Waals surface area contributed by atoms with Gasteiger partial charge in [0.1, 0.15) is 5.76 Å². The molecule has 0 fully saturated rings. The van der Waals surface area contributed by atoms with Crippen molar-refractivity contribution in [2.45, 2.75) is 32.1 Å². The first-order valence-electron chi connectivity index (χ1n) is 4.09. The Morgan fingerprint density at radius 1 is 1.50 bits per heavy atom. The van der Waals surface area contributed by atoms with Crippen molar-refractivity contribution in [3.63, 3.8) is 0 Å². The van der Waals surface area contributed by atoms with Crippen molar-refractivity contribution in [2.75, 3.05) is 7.11 Å². The lowest BCUT2D eigenvalue weighted by molar-refractivity contribution is 0.293. The fourth-order valence-corrected chi connectivity index (χ4v) is 1.81. The van der Waals surface area contributed by atoms with Crippen LogP contribution in [0.2, 0.25) is 0 Å². The van der Waals surface area contributed by atoms with Crippen LogP contribution in [0.3, 0.4) is 0 Å². The third-order valence-electron chi connectivity index (χ3n) is 2.27. The average molecular weight is 187 g/mol. The highest BCUT2D eigenvalue weighted by molar-refractivity contribution is 6.25. The molecule has 0 bridgehead atoms. The number of methoxy groups -OCH3 is 1. The van der Waals surface area contributed by atoms with Gasteiger partial charge in [0.25, 0.3) is 0 Å². The Balaban J connectivity index is 3.02. The van der Waals surface area contributed by atoms with Crippen LogP contribution in [-0.2, 0) is 4.74 Å². The SMILES string of the molecule is COC1=CC(C)(Cl)CC(C)=C1C. The van der Waals surface area contributed by atoms with Crippen LogP contribution in [0.1, 0.15) is 27.2 Å². The van der Waals surface area contributed by atoms with Crippen molar-refractivity contribution in [1.29, 1.82) is 0 Å². The van der Waals surface area contributed by atoms with Crippen LogP contribution in [-0.4, -0.2) is 12.0 Å². The van der Waals surface area contributed by atoms with Crippen molar-refractivity contribution in [2.24, 2.45) is 0 Å². The summed E-state index contributed by atoms with van der Waals surface area (Å²) in [5.74, 6) is 0.913. The van der Waals surface area contributed by atoms with Gasteiger partial charge in [0.2, 0.25) is 0 Å². The standard InChI is InChI=1S/C10H15ClO/c1-7-5-10(3,11)6-9(12-4)8(7)2/h6H,5H2,1-4H3. The van der Waals surface area contributed by atoms with Crippen LogP contribution in [0.15, 0.2) is 23.0 Å². The summed E-state index contributed by atoms with van der Waals surface area (Å²) in [5, 5.41) is 0. The van der Waals surface area contributed by atoms with Gasteiger partial charge in [-0.25, -0.2) is 0 Å². The van der Waals surface area contributed by atoms with Crippen LogP contribution >= 0.6 is 11.6 Å². The summed E-state index contributed by atoms with van der Waals surface area (Å²) in [5.41, 5.74) is 2.53. The topological polar surface area (TPSA) is 9.23 Å². The smallest absolute Gasteiger partial charge is 0.119 e. The summed E-state index contributed by atoms with van der Waals surface area (Å²) in [6, 6.07) is 0. The lowest BCUT2D eigenvalue weighted by Gasteiger charge is -2.26. The van der Waals surface area contributed by atoms with Crippen LogP contribution in [0.4, 0.5) is 0 Å². The van der Waals surface area contributed by atoms with Gasteiger partial charge in [-0.1, -0.05) is 5.57 Å². The molecule has 1 nitrogen and oxygen atoms in total. The van der Waals surface area contributed by atoms with E-state index in [1.165, 1.54) is 11.1 Å². The van der Waals surface area contributed by atoms with Gasteiger partial charge in [-0.2, -0.15) is 0 Å². The Labute approximate surface area is 79.1 Å². The molecule has 0 amide bonds. The molecule has 0 N–H and O–H groups in total. The Kier molecular flexibility index (Phi) is 2.52. The molecule has 1 aliphatic carbocycles. The number of allylic oxidation sites excluding steroid dienone is 3. The fourth-order valence-electron chi connectivity index (χ4n) is 1.51. The normalized spacial score (nSPS) is 30.2. The van der Waals surface area contributed by atoms with E-state index in [1.807, 2.05) is 13.0 Å². The maximum atomic E-state index is 6.22. The molecule has 1 rings (SSSR count). The molecule has 0 radical (unpaired) electrons. The van der Waals surface area contributed by atoms with E-state index in [4.69, 9.17) is 16.3 Å². The van der Waals surface area contributed by atoms with Crippen molar-refractivity contribution in [3.05, 3.63) is 23.0 Å². The van der Waals surface area contributed by atoms with E-state index >= 15 is 0 Å². The van der Waals surface area contributed by atoms with E-state index in [0.717, 1.165) is 12.2 Å². The molecule has 0 aromatic heterocycles. The largest absolute Gasteiger partial charge is 0.497 e. The van der Waals surface area contributed by atoms with Crippen molar-refractivity contribution in [1.82, 2.24) is 0 Å². The van der Waals surface area contributed by atoms with Crippen LogP contribution < -0.4 is 0 Å². The summed E-state index contributed by atoms with van der Waals surface area (Å²) in [7, 11) is 1.68. The minimum Gasteiger partial charge on any atom is -0.497 e. The number of hydrogen-bond acceptors (Lipinski definition) is 1. The van der Waals surface area contributed by atoms with Gasteiger partial charge in [0, 0.05) is 0 Å². The van der Waals surface area contributed by atoms with Gasteiger partial charge in [-0.3, -0.25) is 0 Å². The van der Waals surface area contributed by atoms with Crippen molar-refractivity contribution < 1.29 is 4.74 Å². The molecule has 0 aromatic carbocycles. The van der Waals surface area contributed by atoms with Gasteiger partial charge in [-0.15, -0.1) is 11.6 Å². The molecular weight excluding hydrogens is 172 g/mol. The van der Waals surface area contributed by atoms with Crippen LogP contribution in [0.5, 0.6) is 0 Å². The summed E-state index contributed by atoms with van der Waals surface area (Å²) in [4.78, 5) is -0.269. The molecule has 0 heterocycles. The highest BCUT2D eigenvalue weighted by Gasteiger charge is 2.25. The van der Waals surface area contributed by atoms with Gasteiger partial charge in [0.15, 0.2) is 0 Å². The number of alkyl halides is 1. The molecule has 0 aliphatic heterocycles. The number of rotatable bonds is 1. The Morgan fingerprint density at radius 3 is 2.58 bits per heavy atom. The number of halogens is 1. The first-order chi connectivity index (χ1) is 5.46. The summed E-state index contributed by atoms with van der Waals surface area (Å²) in [6.45, 7) is 6.17. The maximum Gasteiger partial charge on any atom is 0.119 e. The highest BCUT2D eigenvalue weighted by atomic mass is 35.5. The second-order valence-corrected chi connectivity index (χ2v) is 4.44. The number of ether oxygens (including phenoxy) is 1. The number of hydrogen-bond donors (Lipinski definition) is 0. The second-order valence-electron chi connectivity index (χ2n) is 3.57. The molecule has 1 unspecified atom stereocenters. The third-order valence-corrected chi connectivity index (χ3v) is 2.52. The quantitative estimate of drug-likeness (QED) is 0.572. The Morgan fingerprint density at radius 2 is 2.08 bits per heavy atom. The molecule has 0 saturated carbocycles. The van der Waals surface area contributed by atoms with E-state index in [-0.39, 0.29) is 4.87 Å². The zero-order chi connectivity index (χ0) is 9.35. The molecule has 1 aliphatic rings. The lowest BCUT2D eigenvalue weighted by atomic mass is 9.90. The highest BCUT2D eigenvalue weighted by Crippen LogP contribution is 2.35. The molecule has 1 atom stereocenters. The molecule has 0 aromatic rings. The zero-order valence-electron chi connectivity index (χ0n) is 8.07. The predicted octanol–water partition coefficient (Wildman–Crippen LogP) is 3.25. The molecule has 0 saturated heterocycles. The Hall–Kier alpha value is -0.430. The van der Waals surface area contributed by atoms with Crippen LogP contribution in [0, 0.1) is 0 Å². The molecule has 0 spiro atoms. The summed E-state index contributed by atoms with van der Waals surface area (Å²) in [6.07, 6.45) is 2.89. The minimum absolute atomic E-state index is 0.269. The monoisotopic (exact) mass is 186 g/mol. The first-order valence-corrected chi connectivity index (χ1v) is 4.46. The molecule has 2 heteroatoms. The molecular formula is C10H15ClO. The van der Waals surface area contributed by atoms with Gasteiger partial charge < -0.3 is 4.74 Å². The Bertz CT molecular complexity index is 249. The summed E-state index contributed by atoms with van der Waals surface area (Å²) < 4.78 is 5.23. The van der Waals surface area contributed by atoms with Crippen LogP contribution in [0.25, 0.3) is 0 Å². The summed E-state index contributed by atoms with van der Waals surface area (Å²) >= 11 is 6.22.